The van der Waals surface area contributed by atoms with Gasteiger partial charge < -0.3 is 9.47 Å². The third-order valence-electron chi connectivity index (χ3n) is 4.58. The van der Waals surface area contributed by atoms with Crippen molar-refractivity contribution in [3.8, 4) is 0 Å². The average molecular weight is 340 g/mol. The second kappa shape index (κ2) is 6.49. The highest BCUT2D eigenvalue weighted by Gasteiger charge is 2.61. The molecule has 0 bridgehead atoms. The number of rotatable bonds is 3. The van der Waals surface area contributed by atoms with Gasteiger partial charge in [0.1, 0.15) is 6.10 Å². The normalized spacial score (nSPS) is 25.0. The van der Waals surface area contributed by atoms with Gasteiger partial charge in [0.15, 0.2) is 0 Å². The van der Waals surface area contributed by atoms with Crippen LogP contribution in [0, 0.1) is 0 Å². The molecule has 0 radical (unpaired) electrons. The van der Waals surface area contributed by atoms with Crippen molar-refractivity contribution in [1.82, 2.24) is 0 Å². The maximum atomic E-state index is 13.7. The maximum absolute atomic E-state index is 13.7. The zero-order valence-corrected chi connectivity index (χ0v) is 13.1. The van der Waals surface area contributed by atoms with Crippen molar-refractivity contribution in [1.29, 1.82) is 0 Å². The van der Waals surface area contributed by atoms with Crippen LogP contribution in [0.25, 0.3) is 0 Å². The van der Waals surface area contributed by atoms with Gasteiger partial charge in [-0.1, -0.05) is 36.8 Å². The minimum atomic E-state index is -4.64. The summed E-state index contributed by atoms with van der Waals surface area (Å²) in [5.74, 6) is -1.15. The second-order valence-electron chi connectivity index (χ2n) is 6.23. The average Bonchev–Trinajstić information content (AvgIpc) is 3.03. The summed E-state index contributed by atoms with van der Waals surface area (Å²) in [6.07, 6.45) is 0.415. The fourth-order valence-electron chi connectivity index (χ4n) is 3.25. The summed E-state index contributed by atoms with van der Waals surface area (Å²) < 4.78 is 51.5. The Kier molecular flexibility index (Phi) is 4.56. The highest BCUT2D eigenvalue weighted by atomic mass is 19.4. The van der Waals surface area contributed by atoms with Gasteiger partial charge in [0.25, 0.3) is 0 Å². The minimum absolute atomic E-state index is 0.0192. The highest BCUT2D eigenvalue weighted by Crippen LogP contribution is 2.49. The van der Waals surface area contributed by atoms with Crippen LogP contribution in [-0.2, 0) is 19.9 Å². The molecule has 1 heterocycles. The van der Waals surface area contributed by atoms with E-state index in [2.05, 4.69) is 0 Å². The lowest BCUT2D eigenvalue weighted by atomic mass is 9.90. The summed E-state index contributed by atoms with van der Waals surface area (Å²) in [6.45, 7) is 0. The van der Waals surface area contributed by atoms with Crippen LogP contribution in [-0.4, -0.2) is 18.2 Å². The summed E-state index contributed by atoms with van der Waals surface area (Å²) in [4.78, 5) is 12.2. The van der Waals surface area contributed by atoms with Gasteiger partial charge in [-0.3, -0.25) is 0 Å². The van der Waals surface area contributed by atoms with Gasteiger partial charge in [-0.25, -0.2) is 4.79 Å². The molecule has 1 fully saturated rings. The fraction of sp³-hybridized carbons (Fsp3) is 0.500. The SMILES string of the molecule is O=C(OC1CCCCC1)C1=CCC(c2ccccc2)(C(F)(F)F)O1. The predicted molar refractivity (Wildman–Crippen MR) is 80.9 cm³/mol. The highest BCUT2D eigenvalue weighted by molar-refractivity contribution is 5.87. The van der Waals surface area contributed by atoms with E-state index in [0.29, 0.717) is 0 Å². The first kappa shape index (κ1) is 16.9. The Labute approximate surface area is 138 Å². The van der Waals surface area contributed by atoms with Crippen LogP contribution in [0.4, 0.5) is 13.2 Å². The van der Waals surface area contributed by atoms with E-state index in [9.17, 15) is 18.0 Å². The van der Waals surface area contributed by atoms with Gasteiger partial charge in [-0.15, -0.1) is 0 Å². The van der Waals surface area contributed by atoms with Crippen molar-refractivity contribution < 1.29 is 27.4 Å². The van der Waals surface area contributed by atoms with Crippen LogP contribution in [0.1, 0.15) is 44.1 Å². The third-order valence-corrected chi connectivity index (χ3v) is 4.58. The number of carbonyl (C=O) groups excluding carboxylic acids is 1. The number of benzene rings is 1. The molecule has 6 heteroatoms. The number of ether oxygens (including phenoxy) is 2. The van der Waals surface area contributed by atoms with Crippen molar-refractivity contribution in [2.75, 3.05) is 0 Å². The number of hydrogen-bond donors (Lipinski definition) is 0. The van der Waals surface area contributed by atoms with Crippen LogP contribution in [0.5, 0.6) is 0 Å². The summed E-state index contributed by atoms with van der Waals surface area (Å²) in [7, 11) is 0. The number of halogens is 3. The molecule has 2 aliphatic rings. The molecule has 1 aliphatic heterocycles. The van der Waals surface area contributed by atoms with E-state index in [1.165, 1.54) is 30.3 Å². The van der Waals surface area contributed by atoms with Crippen molar-refractivity contribution in [2.45, 2.75) is 56.4 Å². The molecule has 24 heavy (non-hydrogen) atoms. The van der Waals surface area contributed by atoms with E-state index < -0.39 is 24.2 Å². The quantitative estimate of drug-likeness (QED) is 0.753. The third kappa shape index (κ3) is 3.14. The first-order chi connectivity index (χ1) is 11.4. The maximum Gasteiger partial charge on any atom is 0.432 e. The molecule has 1 aromatic carbocycles. The Balaban J connectivity index is 1.76. The van der Waals surface area contributed by atoms with Crippen LogP contribution < -0.4 is 0 Å². The molecule has 0 saturated heterocycles. The lowest BCUT2D eigenvalue weighted by Crippen LogP contribution is -2.42. The monoisotopic (exact) mass is 340 g/mol. The largest absolute Gasteiger partial charge is 0.465 e. The molecule has 1 saturated carbocycles. The Morgan fingerprint density at radius 3 is 2.42 bits per heavy atom. The minimum Gasteiger partial charge on any atom is -0.465 e. The summed E-state index contributed by atoms with van der Waals surface area (Å²) in [5.41, 5.74) is -2.54. The van der Waals surface area contributed by atoms with Gasteiger partial charge in [-0.2, -0.15) is 13.2 Å². The van der Waals surface area contributed by atoms with Crippen molar-refractivity contribution in [2.24, 2.45) is 0 Å². The second-order valence-corrected chi connectivity index (χ2v) is 6.23. The molecular formula is C18H19F3O3. The summed E-state index contributed by atoms with van der Waals surface area (Å²) in [6, 6.07) is 7.39. The molecule has 1 atom stereocenters. The molecule has 0 aromatic heterocycles. The molecule has 0 spiro atoms. The van der Waals surface area contributed by atoms with Crippen molar-refractivity contribution in [3.63, 3.8) is 0 Å². The molecule has 3 nitrogen and oxygen atoms in total. The topological polar surface area (TPSA) is 35.5 Å². The molecule has 0 amide bonds. The summed E-state index contributed by atoms with van der Waals surface area (Å²) in [5, 5.41) is 0. The van der Waals surface area contributed by atoms with Gasteiger partial charge in [-0.05, 0) is 31.8 Å². The smallest absolute Gasteiger partial charge is 0.432 e. The van der Waals surface area contributed by atoms with Gasteiger partial charge in [0.2, 0.25) is 11.4 Å². The van der Waals surface area contributed by atoms with E-state index in [0.717, 1.165) is 32.1 Å². The van der Waals surface area contributed by atoms with Gasteiger partial charge >= 0.3 is 12.1 Å². The van der Waals surface area contributed by atoms with E-state index in [4.69, 9.17) is 9.47 Å². The van der Waals surface area contributed by atoms with Crippen molar-refractivity contribution in [3.05, 3.63) is 47.7 Å². The lowest BCUT2D eigenvalue weighted by Gasteiger charge is -2.32. The van der Waals surface area contributed by atoms with Crippen molar-refractivity contribution >= 4 is 5.97 Å². The van der Waals surface area contributed by atoms with E-state index in [1.807, 2.05) is 0 Å². The zero-order valence-electron chi connectivity index (χ0n) is 13.1. The standard InChI is InChI=1S/C18H19F3O3/c19-18(20,21)17(13-7-3-1-4-8-13)12-11-15(24-17)16(22)23-14-9-5-2-6-10-14/h1,3-4,7-8,11,14H,2,5-6,9-10,12H2. The molecule has 1 aliphatic carbocycles. The van der Waals surface area contributed by atoms with Gasteiger partial charge in [0, 0.05) is 12.0 Å². The molecule has 0 N–H and O–H groups in total. The van der Waals surface area contributed by atoms with Crippen LogP contribution in [0.15, 0.2) is 42.2 Å². The number of esters is 1. The Bertz CT molecular complexity index is 618. The van der Waals surface area contributed by atoms with Crippen LogP contribution in [0.2, 0.25) is 0 Å². The molecule has 1 unspecified atom stereocenters. The number of carbonyl (C=O) groups is 1. The zero-order chi connectivity index (χ0) is 17.2. The lowest BCUT2D eigenvalue weighted by molar-refractivity contribution is -0.265. The summed E-state index contributed by atoms with van der Waals surface area (Å²) >= 11 is 0. The van der Waals surface area contributed by atoms with Crippen LogP contribution >= 0.6 is 0 Å². The Morgan fingerprint density at radius 1 is 1.12 bits per heavy atom. The number of alkyl halides is 3. The molecule has 3 rings (SSSR count). The predicted octanol–water partition coefficient (Wildman–Crippen LogP) is 4.62. The first-order valence-corrected chi connectivity index (χ1v) is 8.15. The van der Waals surface area contributed by atoms with E-state index in [1.54, 1.807) is 6.07 Å². The Morgan fingerprint density at radius 2 is 1.79 bits per heavy atom. The molecule has 1 aromatic rings. The van der Waals surface area contributed by atoms with Gasteiger partial charge in [0.05, 0.1) is 0 Å². The van der Waals surface area contributed by atoms with E-state index in [-0.39, 0.29) is 17.4 Å². The molecule has 130 valence electrons. The van der Waals surface area contributed by atoms with Crippen LogP contribution in [0.3, 0.4) is 0 Å². The first-order valence-electron chi connectivity index (χ1n) is 8.15. The Hall–Kier alpha value is -1.98. The van der Waals surface area contributed by atoms with E-state index >= 15 is 0 Å². The fourth-order valence-corrected chi connectivity index (χ4v) is 3.25. The molecular weight excluding hydrogens is 321 g/mol. The number of hydrogen-bond acceptors (Lipinski definition) is 3.